The molecule has 82 valence electrons. The Balaban J connectivity index is 2.53. The van der Waals surface area contributed by atoms with Crippen LogP contribution in [0.25, 0.3) is 5.82 Å². The van der Waals surface area contributed by atoms with Crippen LogP contribution in [0.5, 0.6) is 0 Å². The van der Waals surface area contributed by atoms with Crippen LogP contribution in [0.1, 0.15) is 11.4 Å². The van der Waals surface area contributed by atoms with E-state index in [9.17, 15) is 0 Å². The van der Waals surface area contributed by atoms with Gasteiger partial charge in [-0.25, -0.2) is 4.98 Å². The molecule has 0 aliphatic rings. The molecule has 2 aromatic heterocycles. The minimum absolute atomic E-state index is 0.0756. The number of amidine groups is 1. The van der Waals surface area contributed by atoms with Gasteiger partial charge in [0.2, 0.25) is 5.84 Å². The van der Waals surface area contributed by atoms with Crippen molar-refractivity contribution in [2.75, 3.05) is 0 Å². The number of aryl methyl sites for hydroxylation is 1. The summed E-state index contributed by atoms with van der Waals surface area (Å²) in [5, 5.41) is 19.3. The van der Waals surface area contributed by atoms with E-state index in [0.29, 0.717) is 11.6 Å². The number of aromatic nitrogens is 4. The minimum Gasteiger partial charge on any atom is -0.409 e. The van der Waals surface area contributed by atoms with Gasteiger partial charge in [-0.15, -0.1) is 5.10 Å². The highest BCUT2D eigenvalue weighted by Gasteiger charge is 2.10. The second-order valence-corrected chi connectivity index (χ2v) is 3.20. The number of rotatable bonds is 2. The lowest BCUT2D eigenvalue weighted by atomic mass is 10.3. The standard InChI is InChI=1S/C9H10N6O/c1-6-4-7(13-12-5-6)15-3-2-11-9(15)8(10)14-16/h2-5,16H,1H3,(H2,10,14). The fourth-order valence-electron chi connectivity index (χ4n) is 1.29. The number of oxime groups is 1. The van der Waals surface area contributed by atoms with Gasteiger partial charge < -0.3 is 10.9 Å². The molecule has 0 aromatic carbocycles. The number of imidazole rings is 1. The molecule has 0 aliphatic heterocycles. The number of hydrogen-bond donors (Lipinski definition) is 2. The van der Waals surface area contributed by atoms with Crippen LogP contribution in [0, 0.1) is 6.92 Å². The molecular formula is C9H10N6O. The number of hydrogen-bond acceptors (Lipinski definition) is 5. The molecule has 0 saturated heterocycles. The van der Waals surface area contributed by atoms with Gasteiger partial charge in [0.05, 0.1) is 6.20 Å². The minimum atomic E-state index is -0.0756. The first-order valence-electron chi connectivity index (χ1n) is 4.53. The van der Waals surface area contributed by atoms with E-state index >= 15 is 0 Å². The molecule has 2 rings (SSSR count). The lowest BCUT2D eigenvalue weighted by Crippen LogP contribution is -2.19. The van der Waals surface area contributed by atoms with Crippen molar-refractivity contribution < 1.29 is 5.21 Å². The molecule has 3 N–H and O–H groups in total. The summed E-state index contributed by atoms with van der Waals surface area (Å²) in [5.41, 5.74) is 6.45. The summed E-state index contributed by atoms with van der Waals surface area (Å²) >= 11 is 0. The molecule has 2 aromatic rings. The third kappa shape index (κ3) is 1.70. The lowest BCUT2D eigenvalue weighted by molar-refractivity contribution is 0.318. The Labute approximate surface area is 91.2 Å². The van der Waals surface area contributed by atoms with Gasteiger partial charge in [-0.05, 0) is 18.6 Å². The van der Waals surface area contributed by atoms with Crippen LogP contribution in [0.15, 0.2) is 29.8 Å². The van der Waals surface area contributed by atoms with E-state index in [4.69, 9.17) is 10.9 Å². The van der Waals surface area contributed by atoms with E-state index in [1.54, 1.807) is 17.0 Å². The molecule has 0 saturated carbocycles. The first kappa shape index (κ1) is 10.1. The van der Waals surface area contributed by atoms with E-state index in [0.717, 1.165) is 5.56 Å². The topological polar surface area (TPSA) is 102 Å². The summed E-state index contributed by atoms with van der Waals surface area (Å²) in [6, 6.07) is 1.82. The summed E-state index contributed by atoms with van der Waals surface area (Å²) in [7, 11) is 0. The van der Waals surface area contributed by atoms with Crippen LogP contribution in [-0.2, 0) is 0 Å². The van der Waals surface area contributed by atoms with Crippen LogP contribution in [0.4, 0.5) is 0 Å². The van der Waals surface area contributed by atoms with Crippen molar-refractivity contribution in [3.8, 4) is 5.82 Å². The van der Waals surface area contributed by atoms with Crippen molar-refractivity contribution in [2.24, 2.45) is 10.9 Å². The van der Waals surface area contributed by atoms with Crippen molar-refractivity contribution in [2.45, 2.75) is 6.92 Å². The van der Waals surface area contributed by atoms with E-state index in [2.05, 4.69) is 20.3 Å². The summed E-state index contributed by atoms with van der Waals surface area (Å²) < 4.78 is 1.59. The van der Waals surface area contributed by atoms with Gasteiger partial charge in [-0.3, -0.25) is 4.57 Å². The van der Waals surface area contributed by atoms with Crippen molar-refractivity contribution in [3.63, 3.8) is 0 Å². The van der Waals surface area contributed by atoms with Gasteiger partial charge in [0.1, 0.15) is 0 Å². The normalized spacial score (nSPS) is 11.7. The van der Waals surface area contributed by atoms with Gasteiger partial charge in [0.15, 0.2) is 11.6 Å². The zero-order valence-corrected chi connectivity index (χ0v) is 8.57. The molecule has 0 radical (unpaired) electrons. The molecule has 0 fully saturated rings. The highest BCUT2D eigenvalue weighted by molar-refractivity contribution is 5.94. The maximum atomic E-state index is 8.61. The number of nitrogens with zero attached hydrogens (tertiary/aromatic N) is 5. The van der Waals surface area contributed by atoms with Gasteiger partial charge in [-0.1, -0.05) is 5.16 Å². The van der Waals surface area contributed by atoms with Crippen LogP contribution >= 0.6 is 0 Å². The first-order valence-corrected chi connectivity index (χ1v) is 4.53. The molecule has 0 aliphatic carbocycles. The Kier molecular flexibility index (Phi) is 2.50. The highest BCUT2D eigenvalue weighted by Crippen LogP contribution is 2.08. The molecule has 7 nitrogen and oxygen atoms in total. The van der Waals surface area contributed by atoms with Gasteiger partial charge in [0.25, 0.3) is 0 Å². The van der Waals surface area contributed by atoms with Crippen LogP contribution in [0.2, 0.25) is 0 Å². The smallest absolute Gasteiger partial charge is 0.206 e. The van der Waals surface area contributed by atoms with Gasteiger partial charge in [-0.2, -0.15) is 5.10 Å². The maximum absolute atomic E-state index is 8.61. The van der Waals surface area contributed by atoms with Crippen LogP contribution < -0.4 is 5.73 Å². The fourth-order valence-corrected chi connectivity index (χ4v) is 1.29. The largest absolute Gasteiger partial charge is 0.409 e. The molecule has 0 atom stereocenters. The molecule has 0 spiro atoms. The summed E-state index contributed by atoms with van der Waals surface area (Å²) in [6.07, 6.45) is 4.85. The Bertz CT molecular complexity index is 532. The van der Waals surface area contributed by atoms with E-state index in [1.807, 2.05) is 13.0 Å². The summed E-state index contributed by atoms with van der Waals surface area (Å²) in [5.74, 6) is 0.815. The highest BCUT2D eigenvalue weighted by atomic mass is 16.4. The van der Waals surface area contributed by atoms with Crippen molar-refractivity contribution in [1.82, 2.24) is 19.7 Å². The predicted molar refractivity (Wildman–Crippen MR) is 56.4 cm³/mol. The summed E-state index contributed by atoms with van der Waals surface area (Å²) in [6.45, 7) is 1.90. The molecule has 2 heterocycles. The Morgan fingerprint density at radius 1 is 1.56 bits per heavy atom. The Morgan fingerprint density at radius 3 is 3.06 bits per heavy atom. The third-order valence-electron chi connectivity index (χ3n) is 2.00. The number of nitrogens with two attached hydrogens (primary N) is 1. The monoisotopic (exact) mass is 218 g/mol. The zero-order chi connectivity index (χ0) is 11.5. The molecular weight excluding hydrogens is 208 g/mol. The Hall–Kier alpha value is -2.44. The molecule has 7 heteroatoms. The van der Waals surface area contributed by atoms with E-state index in [-0.39, 0.29) is 5.84 Å². The van der Waals surface area contributed by atoms with Crippen molar-refractivity contribution in [1.29, 1.82) is 0 Å². The average Bonchev–Trinajstić information content (AvgIpc) is 2.77. The maximum Gasteiger partial charge on any atom is 0.206 e. The molecule has 0 amide bonds. The lowest BCUT2D eigenvalue weighted by Gasteiger charge is -2.04. The second kappa shape index (κ2) is 3.97. The average molecular weight is 218 g/mol. The van der Waals surface area contributed by atoms with Crippen molar-refractivity contribution in [3.05, 3.63) is 36.0 Å². The molecule has 16 heavy (non-hydrogen) atoms. The molecule has 0 unspecified atom stereocenters. The third-order valence-corrected chi connectivity index (χ3v) is 2.00. The van der Waals surface area contributed by atoms with Crippen LogP contribution in [-0.4, -0.2) is 30.8 Å². The van der Waals surface area contributed by atoms with Crippen molar-refractivity contribution >= 4 is 5.84 Å². The Morgan fingerprint density at radius 2 is 2.38 bits per heavy atom. The van der Waals surface area contributed by atoms with Gasteiger partial charge in [0, 0.05) is 12.4 Å². The van der Waals surface area contributed by atoms with E-state index in [1.165, 1.54) is 6.20 Å². The molecule has 0 bridgehead atoms. The SMILES string of the molecule is Cc1cnnc(-n2ccnc2/C(N)=N/O)c1. The predicted octanol–water partition coefficient (Wildman–Crippen LogP) is 0.0652. The fraction of sp³-hybridized carbons (Fsp3) is 0.111. The summed E-state index contributed by atoms with van der Waals surface area (Å²) in [4.78, 5) is 3.97. The quantitative estimate of drug-likeness (QED) is 0.321. The second-order valence-electron chi connectivity index (χ2n) is 3.20. The van der Waals surface area contributed by atoms with Crippen LogP contribution in [0.3, 0.4) is 0 Å². The van der Waals surface area contributed by atoms with E-state index < -0.39 is 0 Å². The zero-order valence-electron chi connectivity index (χ0n) is 8.57. The van der Waals surface area contributed by atoms with Gasteiger partial charge >= 0.3 is 0 Å². The first-order chi connectivity index (χ1) is 7.72.